The van der Waals surface area contributed by atoms with E-state index < -0.39 is 17.6 Å². The molecule has 4 rings (SSSR count). The molecule has 0 radical (unpaired) electrons. The van der Waals surface area contributed by atoms with Gasteiger partial charge in [0.25, 0.3) is 0 Å². The van der Waals surface area contributed by atoms with Gasteiger partial charge in [0.2, 0.25) is 0 Å². The number of aryl methyl sites for hydroxylation is 2. The van der Waals surface area contributed by atoms with Crippen molar-refractivity contribution in [2.24, 2.45) is 0 Å². The van der Waals surface area contributed by atoms with E-state index >= 15 is 0 Å². The number of rotatable bonds is 7. The third kappa shape index (κ3) is 4.56. The van der Waals surface area contributed by atoms with Crippen LogP contribution in [0, 0.1) is 25.5 Å². The molecule has 1 aliphatic carbocycles. The van der Waals surface area contributed by atoms with Crippen LogP contribution in [-0.4, -0.2) is 18.2 Å². The molecule has 2 N–H and O–H groups in total. The molecule has 0 bridgehead atoms. The predicted molar refractivity (Wildman–Crippen MR) is 125 cm³/mol. The Morgan fingerprint density at radius 2 is 1.79 bits per heavy atom. The molecular weight excluding hydrogens is 424 g/mol. The molecule has 33 heavy (non-hydrogen) atoms. The van der Waals surface area contributed by atoms with Gasteiger partial charge in [0.05, 0.1) is 13.2 Å². The van der Waals surface area contributed by atoms with E-state index in [2.05, 4.69) is 31.3 Å². The van der Waals surface area contributed by atoms with Gasteiger partial charge in [0.1, 0.15) is 17.4 Å². The smallest absolute Gasteiger partial charge is 0.303 e. The van der Waals surface area contributed by atoms with Crippen LogP contribution in [-0.2, 0) is 17.6 Å². The number of benzene rings is 3. The minimum absolute atomic E-state index is 0.0671. The van der Waals surface area contributed by atoms with E-state index in [0.29, 0.717) is 5.69 Å². The minimum atomic E-state index is -1.09. The van der Waals surface area contributed by atoms with Crippen molar-refractivity contribution in [2.45, 2.75) is 45.6 Å². The molecule has 0 aromatic heterocycles. The number of ether oxygens (including phenoxy) is 1. The van der Waals surface area contributed by atoms with Crippen molar-refractivity contribution < 1.29 is 23.4 Å². The van der Waals surface area contributed by atoms with Gasteiger partial charge in [-0.3, -0.25) is 4.79 Å². The van der Waals surface area contributed by atoms with E-state index in [1.165, 1.54) is 28.8 Å². The van der Waals surface area contributed by atoms with Gasteiger partial charge >= 0.3 is 5.97 Å². The molecule has 0 saturated heterocycles. The zero-order valence-electron chi connectivity index (χ0n) is 19.0. The van der Waals surface area contributed by atoms with Crippen LogP contribution in [0.1, 0.15) is 46.7 Å². The van der Waals surface area contributed by atoms with Crippen molar-refractivity contribution in [1.82, 2.24) is 0 Å². The molecule has 3 aromatic carbocycles. The number of methoxy groups -OCH3 is 1. The Balaban J connectivity index is 1.63. The number of carboxylic acids is 1. The normalized spacial score (nSPS) is 14.8. The highest BCUT2D eigenvalue weighted by molar-refractivity contribution is 5.76. The van der Waals surface area contributed by atoms with Crippen molar-refractivity contribution in [3.8, 4) is 16.9 Å². The number of carbonyl (C=O) groups is 1. The van der Waals surface area contributed by atoms with E-state index in [1.54, 1.807) is 7.11 Å². The Hall–Kier alpha value is -3.41. The summed E-state index contributed by atoms with van der Waals surface area (Å²) in [6.07, 6.45) is 1.17. The van der Waals surface area contributed by atoms with Gasteiger partial charge in [0.15, 0.2) is 0 Å². The number of anilines is 1. The van der Waals surface area contributed by atoms with Gasteiger partial charge in [-0.05, 0) is 90.8 Å². The summed E-state index contributed by atoms with van der Waals surface area (Å²) in [5.74, 6) is -1.71. The van der Waals surface area contributed by atoms with Gasteiger partial charge in [-0.1, -0.05) is 18.2 Å². The van der Waals surface area contributed by atoms with Crippen LogP contribution in [0.25, 0.3) is 11.1 Å². The zero-order valence-corrected chi connectivity index (χ0v) is 19.0. The number of carboxylic acid groups (broad SMARTS) is 1. The highest BCUT2D eigenvalue weighted by Gasteiger charge is 2.26. The number of halogens is 2. The molecule has 0 aliphatic heterocycles. The second-order valence-corrected chi connectivity index (χ2v) is 8.56. The summed E-state index contributed by atoms with van der Waals surface area (Å²) in [7, 11) is 1.66. The average Bonchev–Trinajstić information content (AvgIpc) is 3.16. The van der Waals surface area contributed by atoms with E-state index in [-0.39, 0.29) is 24.4 Å². The van der Waals surface area contributed by atoms with Crippen LogP contribution in [0.4, 0.5) is 14.5 Å². The molecule has 1 unspecified atom stereocenters. The first kappa shape index (κ1) is 22.8. The fraction of sp³-hybridized carbons (Fsp3) is 0.296. The largest absolute Gasteiger partial charge is 0.497 e. The lowest BCUT2D eigenvalue weighted by Crippen LogP contribution is -2.09. The molecule has 0 saturated carbocycles. The molecule has 3 aromatic rings. The monoisotopic (exact) mass is 451 g/mol. The fourth-order valence-electron chi connectivity index (χ4n) is 4.86. The SMILES string of the molecule is COc1cc(C)c(-c2cccc3c2CCC3Nc2cc(F)c(CCC(=O)O)c(F)c2)c(C)c1. The number of hydrogen-bond acceptors (Lipinski definition) is 3. The molecule has 0 amide bonds. The van der Waals surface area contributed by atoms with Crippen molar-refractivity contribution in [3.63, 3.8) is 0 Å². The summed E-state index contributed by atoms with van der Waals surface area (Å²) in [4.78, 5) is 10.7. The van der Waals surface area contributed by atoms with Gasteiger partial charge in [0, 0.05) is 17.7 Å². The van der Waals surface area contributed by atoms with E-state index in [9.17, 15) is 13.6 Å². The average molecular weight is 452 g/mol. The summed E-state index contributed by atoms with van der Waals surface area (Å²) in [5, 5.41) is 12.1. The quantitative estimate of drug-likeness (QED) is 0.438. The molecule has 172 valence electrons. The Morgan fingerprint density at radius 1 is 1.12 bits per heavy atom. The van der Waals surface area contributed by atoms with Crippen LogP contribution in [0.3, 0.4) is 0 Å². The maximum atomic E-state index is 14.5. The maximum absolute atomic E-state index is 14.5. The number of hydrogen-bond donors (Lipinski definition) is 2. The first-order chi connectivity index (χ1) is 15.8. The second-order valence-electron chi connectivity index (χ2n) is 8.56. The number of nitrogens with one attached hydrogen (secondary N) is 1. The number of fused-ring (bicyclic) bond motifs is 1. The molecule has 1 aliphatic rings. The zero-order chi connectivity index (χ0) is 23.7. The van der Waals surface area contributed by atoms with Gasteiger partial charge < -0.3 is 15.2 Å². The summed E-state index contributed by atoms with van der Waals surface area (Å²) >= 11 is 0. The van der Waals surface area contributed by atoms with E-state index in [0.717, 1.165) is 35.3 Å². The van der Waals surface area contributed by atoms with Crippen LogP contribution >= 0.6 is 0 Å². The Labute approximate surface area is 192 Å². The van der Waals surface area contributed by atoms with Crippen molar-refractivity contribution in [2.75, 3.05) is 12.4 Å². The van der Waals surface area contributed by atoms with Gasteiger partial charge in [-0.15, -0.1) is 0 Å². The van der Waals surface area contributed by atoms with Crippen LogP contribution in [0.2, 0.25) is 0 Å². The predicted octanol–water partition coefficient (Wildman–Crippen LogP) is 6.37. The molecule has 6 heteroatoms. The topological polar surface area (TPSA) is 58.6 Å². The third-order valence-corrected chi connectivity index (χ3v) is 6.35. The fourth-order valence-corrected chi connectivity index (χ4v) is 4.86. The van der Waals surface area contributed by atoms with Crippen molar-refractivity contribution in [3.05, 3.63) is 81.9 Å². The molecule has 4 nitrogen and oxygen atoms in total. The summed E-state index contributed by atoms with van der Waals surface area (Å²) in [5.41, 5.74) is 7.16. The summed E-state index contributed by atoms with van der Waals surface area (Å²) < 4.78 is 34.4. The number of aliphatic carboxylic acids is 1. The van der Waals surface area contributed by atoms with Crippen molar-refractivity contribution in [1.29, 1.82) is 0 Å². The van der Waals surface area contributed by atoms with Crippen molar-refractivity contribution >= 4 is 11.7 Å². The Kier molecular flexibility index (Phi) is 6.36. The first-order valence-corrected chi connectivity index (χ1v) is 11.0. The Morgan fingerprint density at radius 3 is 2.39 bits per heavy atom. The highest BCUT2D eigenvalue weighted by Crippen LogP contribution is 2.42. The van der Waals surface area contributed by atoms with Crippen LogP contribution in [0.5, 0.6) is 5.75 Å². The van der Waals surface area contributed by atoms with Crippen LogP contribution < -0.4 is 10.1 Å². The van der Waals surface area contributed by atoms with E-state index in [1.807, 2.05) is 18.2 Å². The molecular formula is C27H27F2NO3. The summed E-state index contributed by atoms with van der Waals surface area (Å²) in [6, 6.07) is 12.7. The minimum Gasteiger partial charge on any atom is -0.497 e. The van der Waals surface area contributed by atoms with E-state index in [4.69, 9.17) is 9.84 Å². The standard InChI is InChI=1S/C27H27F2NO3/c1-15-11-18(33-3)12-16(2)27(15)21-6-4-5-20-19(21)7-9-25(20)30-17-13-23(28)22(24(29)14-17)8-10-26(31)32/h4-6,11-14,25,30H,7-10H2,1-3H3,(H,31,32). The van der Waals surface area contributed by atoms with Gasteiger partial charge in [-0.25, -0.2) is 8.78 Å². The van der Waals surface area contributed by atoms with Crippen LogP contribution in [0.15, 0.2) is 42.5 Å². The Bertz CT molecular complexity index is 1180. The lowest BCUT2D eigenvalue weighted by molar-refractivity contribution is -0.136. The molecule has 0 fully saturated rings. The van der Waals surface area contributed by atoms with Gasteiger partial charge in [-0.2, -0.15) is 0 Å². The molecule has 1 atom stereocenters. The molecule has 0 spiro atoms. The first-order valence-electron chi connectivity index (χ1n) is 11.0. The maximum Gasteiger partial charge on any atom is 0.303 e. The second kappa shape index (κ2) is 9.22. The highest BCUT2D eigenvalue weighted by atomic mass is 19.1. The third-order valence-electron chi connectivity index (χ3n) is 6.35. The summed E-state index contributed by atoms with van der Waals surface area (Å²) in [6.45, 7) is 4.15. The lowest BCUT2D eigenvalue weighted by Gasteiger charge is -2.19. The molecule has 0 heterocycles. The lowest BCUT2D eigenvalue weighted by atomic mass is 9.90.